The lowest BCUT2D eigenvalue weighted by molar-refractivity contribution is 0.134. The van der Waals surface area contributed by atoms with Gasteiger partial charge in [0.15, 0.2) is 0 Å². The van der Waals surface area contributed by atoms with Crippen molar-refractivity contribution in [2.75, 3.05) is 31.1 Å². The fraction of sp³-hybridized carbons (Fsp3) is 0.391. The first-order chi connectivity index (χ1) is 13.6. The molecule has 1 aliphatic heterocycles. The largest absolute Gasteiger partial charge is 0.396 e. The Morgan fingerprint density at radius 3 is 2.68 bits per heavy atom. The van der Waals surface area contributed by atoms with Crippen LogP contribution in [-0.4, -0.2) is 52.3 Å². The van der Waals surface area contributed by atoms with Gasteiger partial charge in [0.05, 0.1) is 11.2 Å². The van der Waals surface area contributed by atoms with E-state index in [0.29, 0.717) is 6.04 Å². The van der Waals surface area contributed by atoms with Crippen LogP contribution in [0.5, 0.6) is 0 Å². The standard InChI is InChI=1S/C23H28N4O/c1-17-6-5-7-19(24-17)15-26-11-12-27(16-20(26)10-13-28)23-14-18(2)25-22-9-4-3-8-21(22)23/h3-9,14,20,28H,10-13,15-16H2,1-2H3. The summed E-state index contributed by atoms with van der Waals surface area (Å²) in [6.45, 7) is 7.93. The first-order valence-electron chi connectivity index (χ1n) is 10.0. The Bertz CT molecular complexity index is 958. The summed E-state index contributed by atoms with van der Waals surface area (Å²) in [7, 11) is 0. The van der Waals surface area contributed by atoms with Gasteiger partial charge in [0, 0.05) is 61.3 Å². The minimum atomic E-state index is 0.201. The molecule has 0 saturated carbocycles. The molecule has 0 radical (unpaired) electrons. The predicted molar refractivity (Wildman–Crippen MR) is 114 cm³/mol. The van der Waals surface area contributed by atoms with E-state index in [9.17, 15) is 5.11 Å². The van der Waals surface area contributed by atoms with E-state index in [1.165, 1.54) is 11.1 Å². The Morgan fingerprint density at radius 1 is 1.00 bits per heavy atom. The molecule has 1 N–H and O–H groups in total. The van der Waals surface area contributed by atoms with E-state index < -0.39 is 0 Å². The SMILES string of the molecule is Cc1cccc(CN2CCN(c3cc(C)nc4ccccc34)CC2CCO)n1. The number of nitrogens with zero attached hydrogens (tertiary/aromatic N) is 4. The Hall–Kier alpha value is -2.50. The number of para-hydroxylation sites is 1. The van der Waals surface area contributed by atoms with Crippen molar-refractivity contribution in [2.45, 2.75) is 32.9 Å². The molecule has 1 aromatic carbocycles. The molecule has 4 rings (SSSR count). The number of aryl methyl sites for hydroxylation is 2. The monoisotopic (exact) mass is 376 g/mol. The van der Waals surface area contributed by atoms with Crippen LogP contribution in [0.15, 0.2) is 48.5 Å². The molecular formula is C23H28N4O. The third-order valence-electron chi connectivity index (χ3n) is 5.54. The summed E-state index contributed by atoms with van der Waals surface area (Å²) in [6, 6.07) is 17.0. The van der Waals surface area contributed by atoms with Crippen molar-refractivity contribution in [3.8, 4) is 0 Å². The number of hydrogen-bond donors (Lipinski definition) is 1. The lowest BCUT2D eigenvalue weighted by Gasteiger charge is -2.42. The van der Waals surface area contributed by atoms with Gasteiger partial charge in [-0.3, -0.25) is 14.9 Å². The Labute approximate surface area is 166 Å². The normalized spacial score (nSPS) is 18.0. The molecule has 5 heteroatoms. The second-order valence-electron chi connectivity index (χ2n) is 7.65. The van der Waals surface area contributed by atoms with Crippen molar-refractivity contribution in [3.63, 3.8) is 0 Å². The quantitative estimate of drug-likeness (QED) is 0.740. The molecule has 146 valence electrons. The van der Waals surface area contributed by atoms with Gasteiger partial charge in [0.1, 0.15) is 0 Å². The zero-order valence-corrected chi connectivity index (χ0v) is 16.7. The molecule has 28 heavy (non-hydrogen) atoms. The van der Waals surface area contributed by atoms with Gasteiger partial charge >= 0.3 is 0 Å². The number of aliphatic hydroxyl groups is 1. The summed E-state index contributed by atoms with van der Waals surface area (Å²) in [5.74, 6) is 0. The summed E-state index contributed by atoms with van der Waals surface area (Å²) in [6.07, 6.45) is 0.768. The van der Waals surface area contributed by atoms with E-state index in [-0.39, 0.29) is 6.61 Å². The van der Waals surface area contributed by atoms with Gasteiger partial charge in [-0.25, -0.2) is 0 Å². The number of anilines is 1. The third-order valence-corrected chi connectivity index (χ3v) is 5.54. The molecule has 3 aromatic rings. The number of aromatic nitrogens is 2. The van der Waals surface area contributed by atoms with Crippen molar-refractivity contribution in [1.82, 2.24) is 14.9 Å². The average Bonchev–Trinajstić information content (AvgIpc) is 2.69. The summed E-state index contributed by atoms with van der Waals surface area (Å²) in [5, 5.41) is 10.8. The first kappa shape index (κ1) is 18.8. The van der Waals surface area contributed by atoms with E-state index in [0.717, 1.165) is 55.2 Å². The van der Waals surface area contributed by atoms with Crippen LogP contribution >= 0.6 is 0 Å². The van der Waals surface area contributed by atoms with Crippen LogP contribution in [0.1, 0.15) is 23.5 Å². The van der Waals surface area contributed by atoms with Gasteiger partial charge < -0.3 is 10.0 Å². The zero-order valence-electron chi connectivity index (χ0n) is 16.7. The molecule has 0 aliphatic carbocycles. The fourth-order valence-corrected chi connectivity index (χ4v) is 4.19. The van der Waals surface area contributed by atoms with Crippen molar-refractivity contribution >= 4 is 16.6 Å². The predicted octanol–water partition coefficient (Wildman–Crippen LogP) is 3.32. The minimum Gasteiger partial charge on any atom is -0.396 e. The maximum absolute atomic E-state index is 9.65. The molecule has 1 aliphatic rings. The number of piperazine rings is 1. The number of aliphatic hydroxyl groups excluding tert-OH is 1. The van der Waals surface area contributed by atoms with Gasteiger partial charge in [-0.2, -0.15) is 0 Å². The van der Waals surface area contributed by atoms with Crippen LogP contribution in [0.25, 0.3) is 10.9 Å². The highest BCUT2D eigenvalue weighted by Crippen LogP contribution is 2.29. The second-order valence-corrected chi connectivity index (χ2v) is 7.65. The smallest absolute Gasteiger partial charge is 0.0726 e. The summed E-state index contributed by atoms with van der Waals surface area (Å²) < 4.78 is 0. The number of fused-ring (bicyclic) bond motifs is 1. The summed E-state index contributed by atoms with van der Waals surface area (Å²) in [4.78, 5) is 14.3. The van der Waals surface area contributed by atoms with Crippen LogP contribution < -0.4 is 4.90 Å². The summed E-state index contributed by atoms with van der Waals surface area (Å²) in [5.41, 5.74) is 5.48. The number of benzene rings is 1. The van der Waals surface area contributed by atoms with Crippen molar-refractivity contribution in [2.24, 2.45) is 0 Å². The molecule has 0 amide bonds. The lowest BCUT2D eigenvalue weighted by atomic mass is 10.1. The van der Waals surface area contributed by atoms with E-state index >= 15 is 0 Å². The van der Waals surface area contributed by atoms with Gasteiger partial charge in [0.25, 0.3) is 0 Å². The van der Waals surface area contributed by atoms with Crippen LogP contribution in [-0.2, 0) is 6.54 Å². The Balaban J connectivity index is 1.58. The lowest BCUT2D eigenvalue weighted by Crippen LogP contribution is -2.53. The van der Waals surface area contributed by atoms with Gasteiger partial charge in [-0.1, -0.05) is 24.3 Å². The van der Waals surface area contributed by atoms with Crippen LogP contribution in [0.4, 0.5) is 5.69 Å². The Kier molecular flexibility index (Phi) is 5.55. The Morgan fingerprint density at radius 2 is 1.86 bits per heavy atom. The highest BCUT2D eigenvalue weighted by atomic mass is 16.3. The molecule has 1 unspecified atom stereocenters. The molecule has 0 spiro atoms. The minimum absolute atomic E-state index is 0.201. The molecule has 2 aromatic heterocycles. The molecule has 3 heterocycles. The molecule has 1 atom stereocenters. The highest BCUT2D eigenvalue weighted by Gasteiger charge is 2.28. The molecule has 1 saturated heterocycles. The van der Waals surface area contributed by atoms with Crippen molar-refractivity contribution in [1.29, 1.82) is 0 Å². The van der Waals surface area contributed by atoms with Crippen molar-refractivity contribution < 1.29 is 5.11 Å². The topological polar surface area (TPSA) is 52.5 Å². The third kappa shape index (κ3) is 4.01. The maximum Gasteiger partial charge on any atom is 0.0726 e. The van der Waals surface area contributed by atoms with Crippen LogP contribution in [0.3, 0.4) is 0 Å². The van der Waals surface area contributed by atoms with Crippen LogP contribution in [0.2, 0.25) is 0 Å². The molecular weight excluding hydrogens is 348 g/mol. The van der Waals surface area contributed by atoms with Crippen LogP contribution in [0, 0.1) is 13.8 Å². The van der Waals surface area contributed by atoms with E-state index in [1.807, 2.05) is 19.1 Å². The second kappa shape index (κ2) is 8.25. The number of hydrogen-bond acceptors (Lipinski definition) is 5. The number of rotatable bonds is 5. The zero-order chi connectivity index (χ0) is 19.5. The van der Waals surface area contributed by atoms with E-state index in [4.69, 9.17) is 0 Å². The first-order valence-corrected chi connectivity index (χ1v) is 10.0. The highest BCUT2D eigenvalue weighted by molar-refractivity contribution is 5.92. The van der Waals surface area contributed by atoms with Gasteiger partial charge in [0.2, 0.25) is 0 Å². The van der Waals surface area contributed by atoms with Crippen molar-refractivity contribution in [3.05, 3.63) is 65.6 Å². The number of pyridine rings is 2. The van der Waals surface area contributed by atoms with E-state index in [1.54, 1.807) is 0 Å². The maximum atomic E-state index is 9.65. The molecule has 5 nitrogen and oxygen atoms in total. The van der Waals surface area contributed by atoms with Gasteiger partial charge in [-0.05, 0) is 44.5 Å². The average molecular weight is 377 g/mol. The summed E-state index contributed by atoms with van der Waals surface area (Å²) >= 11 is 0. The van der Waals surface area contributed by atoms with Gasteiger partial charge in [-0.15, -0.1) is 0 Å². The molecule has 1 fully saturated rings. The molecule has 0 bridgehead atoms. The van der Waals surface area contributed by atoms with E-state index in [2.05, 4.69) is 63.1 Å². The fourth-order valence-electron chi connectivity index (χ4n) is 4.19.